The molecule has 2 aromatic rings. The molecule has 16 atom stereocenters. The van der Waals surface area contributed by atoms with Crippen molar-refractivity contribution in [2.45, 2.75) is 231 Å². The fourth-order valence-electron chi connectivity index (χ4n) is 12.2. The first-order chi connectivity index (χ1) is 46.5. The van der Waals surface area contributed by atoms with Crippen molar-refractivity contribution in [3.8, 4) is 0 Å². The van der Waals surface area contributed by atoms with Crippen LogP contribution in [0.2, 0.25) is 0 Å². The molecule has 0 aromatic heterocycles. The van der Waals surface area contributed by atoms with E-state index < -0.39 is 195 Å². The average molecular weight is 1390 g/mol. The van der Waals surface area contributed by atoms with Gasteiger partial charge in [0.25, 0.3) is 23.6 Å². The normalized spacial score (nSPS) is 31.0. The minimum atomic E-state index is -1.32. The predicted molar refractivity (Wildman–Crippen MR) is 325 cm³/mol. The van der Waals surface area contributed by atoms with Crippen LogP contribution in [0, 0.1) is 0 Å². The summed E-state index contributed by atoms with van der Waals surface area (Å²) in [5.41, 5.74) is 2.25. The van der Waals surface area contributed by atoms with E-state index in [1.165, 1.54) is 0 Å². The fourth-order valence-corrected chi connectivity index (χ4v) is 12.2. The number of benzene rings is 2. The van der Waals surface area contributed by atoms with E-state index in [0.29, 0.717) is 22.3 Å². The lowest BCUT2D eigenvalue weighted by Gasteiger charge is -2.26. The molecule has 34 nitrogen and oxygen atoms in total. The minimum Gasteiger partial charge on any atom is -0.465 e. The van der Waals surface area contributed by atoms with Gasteiger partial charge in [0.2, 0.25) is 0 Å². The molecule has 8 heterocycles. The highest BCUT2D eigenvalue weighted by atomic mass is 16.9. The number of nitrogens with zero attached hydrogens (tertiary/aromatic N) is 2. The van der Waals surface area contributed by atoms with Crippen molar-refractivity contribution < 1.29 is 133 Å². The number of carbonyl (C=O) groups is 8. The maximum atomic E-state index is 13.7. The first kappa shape index (κ1) is 73.9. The van der Waals surface area contributed by atoms with E-state index in [9.17, 15) is 38.4 Å². The first-order valence-corrected chi connectivity index (χ1v) is 32.4. The van der Waals surface area contributed by atoms with Gasteiger partial charge in [-0.1, -0.05) is 12.1 Å². The van der Waals surface area contributed by atoms with Gasteiger partial charge in [-0.2, -0.15) is 10.2 Å². The Morgan fingerprint density at radius 3 is 0.765 bits per heavy atom. The Hall–Kier alpha value is -6.84. The van der Waals surface area contributed by atoms with Gasteiger partial charge in [0, 0.05) is 0 Å². The van der Waals surface area contributed by atoms with Gasteiger partial charge in [-0.15, -0.1) is 0 Å². The van der Waals surface area contributed by atoms with Crippen LogP contribution in [0.1, 0.15) is 105 Å². The molecule has 0 saturated carbocycles. The molecule has 2 aromatic carbocycles. The smallest absolute Gasteiger partial charge is 0.325 e. The van der Waals surface area contributed by atoms with Crippen molar-refractivity contribution in [2.75, 3.05) is 52.6 Å². The Morgan fingerprint density at radius 2 is 0.561 bits per heavy atom. The quantitative estimate of drug-likeness (QED) is 0.0492. The van der Waals surface area contributed by atoms with Crippen LogP contribution in [0.25, 0.3) is 0 Å². The van der Waals surface area contributed by atoms with E-state index in [1.54, 1.807) is 119 Å². The molecule has 10 rings (SSSR count). The third kappa shape index (κ3) is 18.4. The average Bonchev–Trinajstić information content (AvgIpc) is 1.64. The molecule has 8 saturated heterocycles. The number of hydrogen-bond acceptors (Lipinski definition) is 30. The minimum absolute atomic E-state index is 0.0928. The maximum Gasteiger partial charge on any atom is 0.325 e. The highest BCUT2D eigenvalue weighted by Crippen LogP contribution is 2.44. The molecule has 540 valence electrons. The lowest BCUT2D eigenvalue weighted by atomic mass is 10.1. The molecule has 0 aliphatic carbocycles. The summed E-state index contributed by atoms with van der Waals surface area (Å²) in [6, 6.07) is 10.1. The molecule has 0 radical (unpaired) electrons. The number of ether oxygens (including phenoxy) is 20. The molecule has 34 heteroatoms. The molecule has 8 aliphatic heterocycles. The molecule has 98 heavy (non-hydrogen) atoms. The molecule has 4 amide bonds. The highest BCUT2D eigenvalue weighted by Gasteiger charge is 2.61. The van der Waals surface area contributed by atoms with E-state index in [0.717, 1.165) is 0 Å². The van der Waals surface area contributed by atoms with Crippen molar-refractivity contribution in [1.29, 1.82) is 0 Å². The van der Waals surface area contributed by atoms with Crippen molar-refractivity contribution >= 4 is 58.9 Å². The summed E-state index contributed by atoms with van der Waals surface area (Å²) in [4.78, 5) is 104. The van der Waals surface area contributed by atoms with Crippen molar-refractivity contribution in [1.82, 2.24) is 21.3 Å². The molecule has 0 bridgehead atoms. The molecular weight excluding hydrogens is 1300 g/mol. The number of carbonyl (C=O) groups excluding carboxylic acids is 8. The molecular formula is C64H86N6O28. The van der Waals surface area contributed by atoms with Crippen LogP contribution in [-0.4, -0.2) is 222 Å². The third-order valence-electron chi connectivity index (χ3n) is 16.0. The Balaban J connectivity index is 0.974. The van der Waals surface area contributed by atoms with E-state index in [2.05, 4.69) is 21.3 Å². The van der Waals surface area contributed by atoms with Gasteiger partial charge in [-0.05, 0) is 130 Å². The van der Waals surface area contributed by atoms with Crippen LogP contribution in [0.5, 0.6) is 0 Å². The zero-order valence-electron chi connectivity index (χ0n) is 56.5. The highest BCUT2D eigenvalue weighted by molar-refractivity contribution is 5.88. The maximum absolute atomic E-state index is 13.7. The SMILES string of the molecule is CCOC(=O)CNC(=O)[C@H]1O[C@@H]2OC(C)(C)O[C@@H]2[C@@H]1OCc1cc(CO[C@H]2[C@H]3OC(C)(C)O[C@H]3O[C@@H]2C(=O)NCC(=O)OCC)cc(N=Nc2cc(CO[C@H]3[C@H]4OC(C)(C)O[C@H]4O[C@@H]3C(=O)NCC(=O)OCC)cc(CO[C@H]3[C@H]4OC(C)(C)O[C@H]4O[C@@H]3C(=O)NCC(=O)OCC)c2)c1. The second-order valence-electron chi connectivity index (χ2n) is 25.5. The molecule has 8 fully saturated rings. The Morgan fingerprint density at radius 1 is 0.347 bits per heavy atom. The summed E-state index contributed by atoms with van der Waals surface area (Å²) < 4.78 is 119. The van der Waals surface area contributed by atoms with Gasteiger partial charge in [-0.25, -0.2) is 0 Å². The summed E-state index contributed by atoms with van der Waals surface area (Å²) in [6.07, 6.45) is -17.5. The number of rotatable bonds is 30. The zero-order chi connectivity index (χ0) is 70.4. The van der Waals surface area contributed by atoms with Crippen LogP contribution < -0.4 is 21.3 Å². The van der Waals surface area contributed by atoms with Crippen molar-refractivity contribution in [2.24, 2.45) is 10.2 Å². The second-order valence-corrected chi connectivity index (χ2v) is 25.5. The largest absolute Gasteiger partial charge is 0.465 e. The number of azo groups is 1. The number of hydrogen-bond donors (Lipinski definition) is 4. The standard InChI is InChI=1S/C64H86N6O28/c1-13-79-37(71)23-65-53(75)45-41(49-57(87-45)95-61(5,6)91-49)83-27-31-17-32(28-84-42-46(54(76)66-24-38(72)80-14-2)88-58-50(42)92-62(7,8)96-58)20-35(19-31)69-70-36-21-33(29-85-43-47(55(77)67-25-39(73)81-15-3)89-59-51(43)93-63(9,10)97-59)18-34(22-36)30-86-44-48(56(78)68-26-40(74)82-16-4)90-60-52(44)94-64(11,12)98-60/h17-22,41-52,57-60H,13-16,23-30H2,1-12H3,(H,65,75)(H,66,76)(H,67,77)(H,68,78)/t41-,42-,43-,44-,45+,46+,47+,48+,49-,50-,51-,52-,57-,58-,59-,60-/m1/s1. The van der Waals surface area contributed by atoms with E-state index in [4.69, 9.17) is 105 Å². The number of amides is 4. The number of fused-ring (bicyclic) bond motifs is 4. The van der Waals surface area contributed by atoms with Crippen LogP contribution in [0.3, 0.4) is 0 Å². The number of nitrogens with one attached hydrogen (secondary N) is 4. The van der Waals surface area contributed by atoms with Crippen LogP contribution in [0.4, 0.5) is 11.4 Å². The summed E-state index contributed by atoms with van der Waals surface area (Å²) in [5.74, 6) is -9.98. The fraction of sp³-hybridized carbons (Fsp3) is 0.688. The molecule has 8 aliphatic rings. The summed E-state index contributed by atoms with van der Waals surface area (Å²) >= 11 is 0. The van der Waals surface area contributed by atoms with Gasteiger partial charge in [0.15, 0.2) is 72.7 Å². The van der Waals surface area contributed by atoms with Crippen molar-refractivity contribution in [3.63, 3.8) is 0 Å². The lowest BCUT2D eigenvalue weighted by Crippen LogP contribution is -2.47. The van der Waals surface area contributed by atoms with E-state index >= 15 is 0 Å². The number of esters is 4. The monoisotopic (exact) mass is 1390 g/mol. The summed E-state index contributed by atoms with van der Waals surface area (Å²) in [5, 5.41) is 19.6. The predicted octanol–water partition coefficient (Wildman–Crippen LogP) is 1.87. The van der Waals surface area contributed by atoms with Gasteiger partial charge >= 0.3 is 23.9 Å². The first-order valence-electron chi connectivity index (χ1n) is 32.4. The second kappa shape index (κ2) is 31.4. The third-order valence-corrected chi connectivity index (χ3v) is 16.0. The van der Waals surface area contributed by atoms with E-state index in [-0.39, 0.29) is 64.2 Å². The Labute approximate surface area is 564 Å². The molecule has 0 unspecified atom stereocenters. The summed E-state index contributed by atoms with van der Waals surface area (Å²) in [7, 11) is 0. The lowest BCUT2D eigenvalue weighted by molar-refractivity contribution is -0.219. The van der Waals surface area contributed by atoms with Crippen LogP contribution in [0.15, 0.2) is 46.6 Å². The van der Waals surface area contributed by atoms with Crippen LogP contribution >= 0.6 is 0 Å². The Kier molecular flexibility index (Phi) is 23.6. The van der Waals surface area contributed by atoms with Crippen LogP contribution in [-0.2, 0) is 160 Å². The van der Waals surface area contributed by atoms with Gasteiger partial charge in [0.1, 0.15) is 75.0 Å². The van der Waals surface area contributed by atoms with Gasteiger partial charge in [-0.3, -0.25) is 38.4 Å². The molecule has 4 N–H and O–H groups in total. The topological polar surface area (TPSA) is 394 Å². The van der Waals surface area contributed by atoms with Gasteiger partial charge in [0.05, 0.1) is 64.2 Å². The zero-order valence-corrected chi connectivity index (χ0v) is 56.5. The van der Waals surface area contributed by atoms with E-state index in [1.807, 2.05) is 0 Å². The van der Waals surface area contributed by atoms with Crippen molar-refractivity contribution in [3.05, 3.63) is 58.7 Å². The van der Waals surface area contributed by atoms with Gasteiger partial charge < -0.3 is 116 Å². The summed E-state index contributed by atoms with van der Waals surface area (Å²) in [6.45, 7) is 17.6. The molecule has 0 spiro atoms. The Bertz CT molecular complexity index is 2870.